The summed E-state index contributed by atoms with van der Waals surface area (Å²) in [4.78, 5) is 15.1. The van der Waals surface area contributed by atoms with Crippen LogP contribution in [-0.4, -0.2) is 23.5 Å². The van der Waals surface area contributed by atoms with E-state index in [0.717, 1.165) is 6.54 Å². The molecule has 0 aliphatic carbocycles. The van der Waals surface area contributed by atoms with Gasteiger partial charge in [0.15, 0.2) is 5.96 Å². The normalized spacial score (nSPS) is 13.1. The lowest BCUT2D eigenvalue weighted by atomic mass is 10.1. The van der Waals surface area contributed by atoms with Crippen molar-refractivity contribution in [3.8, 4) is 0 Å². The van der Waals surface area contributed by atoms with Crippen LogP contribution in [0.4, 0.5) is 5.69 Å². The van der Waals surface area contributed by atoms with Crippen molar-refractivity contribution in [1.82, 2.24) is 10.6 Å². The minimum atomic E-state index is -0.373. The first-order valence-electron chi connectivity index (χ1n) is 7.22. The van der Waals surface area contributed by atoms with Gasteiger partial charge in [0.2, 0.25) is 0 Å². The third kappa shape index (κ3) is 5.41. The van der Waals surface area contributed by atoms with Gasteiger partial charge in [-0.05, 0) is 19.8 Å². The fraction of sp³-hybridized carbons (Fsp3) is 0.533. The first-order valence-corrected chi connectivity index (χ1v) is 7.22. The molecule has 1 rings (SSSR count). The molecule has 1 unspecified atom stereocenters. The highest BCUT2D eigenvalue weighted by molar-refractivity contribution is 5.80. The number of nitrogens with zero attached hydrogens (tertiary/aromatic N) is 2. The molecule has 0 radical (unpaired) electrons. The number of nitro groups is 1. The molecule has 0 bridgehead atoms. The van der Waals surface area contributed by atoms with Crippen LogP contribution in [0.25, 0.3) is 0 Å². The molecular formula is C15H24N4O2. The number of benzene rings is 1. The Morgan fingerprint density at radius 1 is 1.33 bits per heavy atom. The monoisotopic (exact) mass is 292 g/mol. The van der Waals surface area contributed by atoms with Gasteiger partial charge in [0, 0.05) is 18.7 Å². The molecule has 0 aromatic heterocycles. The van der Waals surface area contributed by atoms with E-state index in [-0.39, 0.29) is 23.2 Å². The second-order valence-corrected chi connectivity index (χ2v) is 5.26. The van der Waals surface area contributed by atoms with Crippen LogP contribution in [0.15, 0.2) is 29.3 Å². The number of hydrogen-bond acceptors (Lipinski definition) is 3. The van der Waals surface area contributed by atoms with Crippen LogP contribution in [0.5, 0.6) is 0 Å². The van der Waals surface area contributed by atoms with Crippen LogP contribution < -0.4 is 10.6 Å². The predicted molar refractivity (Wildman–Crippen MR) is 85.3 cm³/mol. The minimum Gasteiger partial charge on any atom is -0.357 e. The molecule has 1 aromatic carbocycles. The largest absolute Gasteiger partial charge is 0.357 e. The van der Waals surface area contributed by atoms with E-state index in [4.69, 9.17) is 0 Å². The number of nitro benzene ring substituents is 1. The molecule has 116 valence electrons. The molecule has 0 saturated carbocycles. The lowest BCUT2D eigenvalue weighted by molar-refractivity contribution is -0.385. The van der Waals surface area contributed by atoms with E-state index in [1.54, 1.807) is 18.2 Å². The van der Waals surface area contributed by atoms with Crippen molar-refractivity contribution < 1.29 is 4.92 Å². The smallest absolute Gasteiger partial charge is 0.274 e. The maximum absolute atomic E-state index is 11.0. The van der Waals surface area contributed by atoms with Crippen molar-refractivity contribution in [3.63, 3.8) is 0 Å². The summed E-state index contributed by atoms with van der Waals surface area (Å²) in [5.41, 5.74) is 0.714. The zero-order valence-electron chi connectivity index (χ0n) is 13.1. The Balaban J connectivity index is 2.85. The van der Waals surface area contributed by atoms with E-state index < -0.39 is 0 Å². The van der Waals surface area contributed by atoms with Crippen molar-refractivity contribution in [2.45, 2.75) is 40.3 Å². The maximum atomic E-state index is 11.0. The summed E-state index contributed by atoms with van der Waals surface area (Å²) in [5, 5.41) is 17.4. The second-order valence-electron chi connectivity index (χ2n) is 5.26. The number of aliphatic imine (C=N–C) groups is 1. The molecule has 0 fully saturated rings. The molecular weight excluding hydrogens is 268 g/mol. The molecule has 6 nitrogen and oxygen atoms in total. The quantitative estimate of drug-likeness (QED) is 0.366. The molecule has 1 atom stereocenters. The van der Waals surface area contributed by atoms with Crippen LogP contribution in [0.2, 0.25) is 0 Å². The molecule has 6 heteroatoms. The van der Waals surface area contributed by atoms with Crippen molar-refractivity contribution in [2.24, 2.45) is 10.9 Å². The standard InChI is InChI=1S/C15H24N4O2/c1-5-16-15(18-12(4)11(2)3)17-10-13-8-6-7-9-14(13)19(20)21/h6-9,11-12H,5,10H2,1-4H3,(H2,16,17,18). The van der Waals surface area contributed by atoms with E-state index >= 15 is 0 Å². The third-order valence-corrected chi connectivity index (χ3v) is 3.30. The second kappa shape index (κ2) is 8.24. The van der Waals surface area contributed by atoms with Gasteiger partial charge in [-0.3, -0.25) is 10.1 Å². The third-order valence-electron chi connectivity index (χ3n) is 3.30. The number of para-hydroxylation sites is 1. The minimum absolute atomic E-state index is 0.106. The van der Waals surface area contributed by atoms with Crippen molar-refractivity contribution in [1.29, 1.82) is 0 Å². The number of hydrogen-bond donors (Lipinski definition) is 2. The first-order chi connectivity index (χ1) is 9.95. The van der Waals surface area contributed by atoms with Gasteiger partial charge >= 0.3 is 0 Å². The number of guanidine groups is 1. The lowest BCUT2D eigenvalue weighted by Crippen LogP contribution is -2.44. The molecule has 0 spiro atoms. The van der Waals surface area contributed by atoms with Gasteiger partial charge in [-0.15, -0.1) is 0 Å². The topological polar surface area (TPSA) is 79.6 Å². The van der Waals surface area contributed by atoms with Crippen LogP contribution in [0, 0.1) is 16.0 Å². The zero-order chi connectivity index (χ0) is 15.8. The summed E-state index contributed by atoms with van der Waals surface area (Å²) in [5.74, 6) is 1.15. The average Bonchev–Trinajstić information content (AvgIpc) is 2.45. The van der Waals surface area contributed by atoms with Crippen LogP contribution in [0.3, 0.4) is 0 Å². The molecule has 0 aliphatic rings. The summed E-state index contributed by atoms with van der Waals surface area (Å²) in [6.07, 6.45) is 0. The van der Waals surface area contributed by atoms with Crippen molar-refractivity contribution in [2.75, 3.05) is 6.54 Å². The Morgan fingerprint density at radius 3 is 2.57 bits per heavy atom. The molecule has 0 saturated heterocycles. The van der Waals surface area contributed by atoms with Crippen molar-refractivity contribution >= 4 is 11.6 Å². The average molecular weight is 292 g/mol. The Morgan fingerprint density at radius 2 is 2.00 bits per heavy atom. The Kier molecular flexibility index (Phi) is 6.65. The molecule has 2 N–H and O–H groups in total. The summed E-state index contributed by atoms with van der Waals surface area (Å²) >= 11 is 0. The Bertz CT molecular complexity index is 500. The zero-order valence-corrected chi connectivity index (χ0v) is 13.1. The van der Waals surface area contributed by atoms with E-state index in [0.29, 0.717) is 17.4 Å². The lowest BCUT2D eigenvalue weighted by Gasteiger charge is -2.20. The summed E-state index contributed by atoms with van der Waals surface area (Å²) < 4.78 is 0. The molecule has 21 heavy (non-hydrogen) atoms. The van der Waals surface area contributed by atoms with E-state index in [2.05, 4.69) is 36.4 Å². The summed E-state index contributed by atoms with van der Waals surface area (Å²) in [6.45, 7) is 9.35. The highest BCUT2D eigenvalue weighted by Crippen LogP contribution is 2.18. The van der Waals surface area contributed by atoms with Gasteiger partial charge in [0.25, 0.3) is 5.69 Å². The molecule has 0 heterocycles. The van der Waals surface area contributed by atoms with Gasteiger partial charge < -0.3 is 10.6 Å². The highest BCUT2D eigenvalue weighted by Gasteiger charge is 2.13. The SMILES string of the molecule is CCNC(=NCc1ccccc1[N+](=O)[O-])NC(C)C(C)C. The fourth-order valence-corrected chi connectivity index (χ4v) is 1.69. The highest BCUT2D eigenvalue weighted by atomic mass is 16.6. The maximum Gasteiger partial charge on any atom is 0.274 e. The van der Waals surface area contributed by atoms with Crippen molar-refractivity contribution in [3.05, 3.63) is 39.9 Å². The molecule has 1 aromatic rings. The first kappa shape index (κ1) is 16.9. The summed E-state index contributed by atoms with van der Waals surface area (Å²) in [7, 11) is 0. The fourth-order valence-electron chi connectivity index (χ4n) is 1.69. The molecule has 0 amide bonds. The van der Waals surface area contributed by atoms with Crippen LogP contribution in [-0.2, 0) is 6.54 Å². The van der Waals surface area contributed by atoms with Gasteiger partial charge in [0.1, 0.15) is 0 Å². The Labute approximate surface area is 125 Å². The van der Waals surface area contributed by atoms with Gasteiger partial charge in [0.05, 0.1) is 17.0 Å². The van der Waals surface area contributed by atoms with E-state index in [9.17, 15) is 10.1 Å². The number of nitrogens with one attached hydrogen (secondary N) is 2. The Hall–Kier alpha value is -2.11. The van der Waals surface area contributed by atoms with Gasteiger partial charge in [-0.1, -0.05) is 32.0 Å². The predicted octanol–water partition coefficient (Wildman–Crippen LogP) is 2.69. The van der Waals surface area contributed by atoms with Crippen LogP contribution in [0.1, 0.15) is 33.3 Å². The summed E-state index contributed by atoms with van der Waals surface area (Å²) in [6, 6.07) is 6.96. The molecule has 0 aliphatic heterocycles. The van der Waals surface area contributed by atoms with Gasteiger partial charge in [-0.2, -0.15) is 0 Å². The van der Waals surface area contributed by atoms with E-state index in [1.807, 2.05) is 6.92 Å². The van der Waals surface area contributed by atoms with Gasteiger partial charge in [-0.25, -0.2) is 4.99 Å². The number of rotatable bonds is 6. The van der Waals surface area contributed by atoms with Crippen LogP contribution >= 0.6 is 0 Å². The van der Waals surface area contributed by atoms with E-state index in [1.165, 1.54) is 6.07 Å².